The summed E-state index contributed by atoms with van der Waals surface area (Å²) in [6.07, 6.45) is 0.861. The van der Waals surface area contributed by atoms with Crippen LogP contribution < -0.4 is 10.6 Å². The topological polar surface area (TPSA) is 61.4 Å². The molecule has 2 rings (SSSR count). The zero-order chi connectivity index (χ0) is 13.7. The van der Waals surface area contributed by atoms with E-state index in [0.29, 0.717) is 23.8 Å². The third kappa shape index (κ3) is 3.94. The molecule has 2 amide bonds. The molecule has 1 heterocycles. The van der Waals surface area contributed by atoms with E-state index in [2.05, 4.69) is 10.6 Å². The number of rotatable bonds is 1. The van der Waals surface area contributed by atoms with Gasteiger partial charge in [-0.05, 0) is 37.2 Å². The third-order valence-electron chi connectivity index (χ3n) is 2.92. The molecule has 102 valence electrons. The largest absolute Gasteiger partial charge is 0.333 e. The Balaban J connectivity index is 1.94. The summed E-state index contributed by atoms with van der Waals surface area (Å²) in [5, 5.41) is 6.35. The first-order chi connectivity index (χ1) is 9.16. The zero-order valence-corrected chi connectivity index (χ0v) is 11.2. The van der Waals surface area contributed by atoms with Gasteiger partial charge in [-0.2, -0.15) is 0 Å². The number of hydrogen-bond donors (Lipinski definition) is 2. The summed E-state index contributed by atoms with van der Waals surface area (Å²) in [6.45, 7) is 2.77. The van der Waals surface area contributed by atoms with Crippen LogP contribution in [0.1, 0.15) is 6.42 Å². The molecule has 6 heteroatoms. The Bertz CT molecular complexity index is 453. The molecule has 1 fully saturated rings. The van der Waals surface area contributed by atoms with Crippen LogP contribution in [0.5, 0.6) is 0 Å². The van der Waals surface area contributed by atoms with Gasteiger partial charge in [0, 0.05) is 30.3 Å². The second-order valence-electron chi connectivity index (χ2n) is 4.36. The molecule has 1 aliphatic heterocycles. The highest BCUT2D eigenvalue weighted by atomic mass is 35.5. The van der Waals surface area contributed by atoms with Crippen LogP contribution in [0.25, 0.3) is 0 Å². The first-order valence-electron chi connectivity index (χ1n) is 6.23. The van der Waals surface area contributed by atoms with Gasteiger partial charge in [0.2, 0.25) is 0 Å². The molecule has 0 bridgehead atoms. The number of carbonyl (C=O) groups is 2. The maximum atomic E-state index is 12.0. The van der Waals surface area contributed by atoms with Gasteiger partial charge in [-0.1, -0.05) is 11.6 Å². The monoisotopic (exact) mass is 281 g/mol. The van der Waals surface area contributed by atoms with Crippen LogP contribution in [0.4, 0.5) is 5.69 Å². The van der Waals surface area contributed by atoms with Crippen molar-refractivity contribution in [2.75, 3.05) is 31.5 Å². The predicted molar refractivity (Wildman–Crippen MR) is 74.1 cm³/mol. The molecule has 0 aromatic heterocycles. The third-order valence-corrected chi connectivity index (χ3v) is 3.18. The van der Waals surface area contributed by atoms with Crippen molar-refractivity contribution in [1.29, 1.82) is 0 Å². The van der Waals surface area contributed by atoms with E-state index >= 15 is 0 Å². The van der Waals surface area contributed by atoms with E-state index in [-0.39, 0.29) is 0 Å². The van der Waals surface area contributed by atoms with Crippen LogP contribution >= 0.6 is 11.6 Å². The quantitative estimate of drug-likeness (QED) is 0.758. The van der Waals surface area contributed by atoms with Gasteiger partial charge in [-0.25, -0.2) is 0 Å². The molecule has 1 aromatic carbocycles. The number of anilines is 1. The Hall–Kier alpha value is -1.59. The van der Waals surface area contributed by atoms with Crippen molar-refractivity contribution >= 4 is 29.1 Å². The number of amides is 2. The van der Waals surface area contributed by atoms with E-state index in [9.17, 15) is 9.59 Å². The first-order valence-corrected chi connectivity index (χ1v) is 6.61. The molecular weight excluding hydrogens is 266 g/mol. The second kappa shape index (κ2) is 6.54. The highest BCUT2D eigenvalue weighted by Gasteiger charge is 2.22. The number of nitrogens with one attached hydrogen (secondary N) is 2. The van der Waals surface area contributed by atoms with Gasteiger partial charge in [0.05, 0.1) is 0 Å². The minimum Gasteiger partial charge on any atom is -0.333 e. The van der Waals surface area contributed by atoms with E-state index in [1.165, 1.54) is 0 Å². The molecule has 0 radical (unpaired) electrons. The molecule has 0 spiro atoms. The zero-order valence-electron chi connectivity index (χ0n) is 10.5. The van der Waals surface area contributed by atoms with Crippen molar-refractivity contribution in [3.05, 3.63) is 29.3 Å². The average molecular weight is 282 g/mol. The molecule has 5 nitrogen and oxygen atoms in total. The number of nitrogens with zero attached hydrogens (tertiary/aromatic N) is 1. The summed E-state index contributed by atoms with van der Waals surface area (Å²) in [6, 6.07) is 6.66. The summed E-state index contributed by atoms with van der Waals surface area (Å²) in [5.41, 5.74) is 0.565. The molecule has 0 aliphatic carbocycles. The molecule has 1 aliphatic rings. The van der Waals surface area contributed by atoms with Crippen LogP contribution in [0.3, 0.4) is 0 Å². The van der Waals surface area contributed by atoms with E-state index < -0.39 is 11.8 Å². The van der Waals surface area contributed by atoms with Crippen LogP contribution in [0.15, 0.2) is 24.3 Å². The highest BCUT2D eigenvalue weighted by molar-refractivity contribution is 6.39. The Kier molecular flexibility index (Phi) is 4.76. The maximum absolute atomic E-state index is 12.0. The average Bonchev–Trinajstić information content (AvgIpc) is 2.69. The fraction of sp³-hybridized carbons (Fsp3) is 0.385. The summed E-state index contributed by atoms with van der Waals surface area (Å²) in [7, 11) is 0. The molecule has 1 aromatic rings. The normalized spacial score (nSPS) is 15.7. The molecular formula is C13H16ClN3O2. The molecule has 0 unspecified atom stereocenters. The van der Waals surface area contributed by atoms with Crippen LogP contribution in [-0.4, -0.2) is 42.9 Å². The van der Waals surface area contributed by atoms with Gasteiger partial charge in [0.1, 0.15) is 0 Å². The fourth-order valence-electron chi connectivity index (χ4n) is 1.91. The standard InChI is InChI=1S/C13H16ClN3O2/c14-10-2-4-11(5-3-10)16-12(18)13(19)17-8-1-6-15-7-9-17/h2-5,15H,1,6-9H2,(H,16,18). The van der Waals surface area contributed by atoms with Crippen LogP contribution in [0.2, 0.25) is 5.02 Å². The highest BCUT2D eigenvalue weighted by Crippen LogP contribution is 2.13. The van der Waals surface area contributed by atoms with Gasteiger partial charge in [-0.3, -0.25) is 9.59 Å². The smallest absolute Gasteiger partial charge is 0.313 e. The van der Waals surface area contributed by atoms with Gasteiger partial charge in [0.15, 0.2) is 0 Å². The first kappa shape index (κ1) is 13.8. The molecule has 2 N–H and O–H groups in total. The summed E-state index contributed by atoms with van der Waals surface area (Å²) < 4.78 is 0. The van der Waals surface area contributed by atoms with Crippen molar-refractivity contribution in [1.82, 2.24) is 10.2 Å². The van der Waals surface area contributed by atoms with E-state index in [1.807, 2.05) is 0 Å². The van der Waals surface area contributed by atoms with E-state index in [4.69, 9.17) is 11.6 Å². The van der Waals surface area contributed by atoms with Gasteiger partial charge < -0.3 is 15.5 Å². The number of carbonyl (C=O) groups excluding carboxylic acids is 2. The lowest BCUT2D eigenvalue weighted by molar-refractivity contribution is -0.143. The Morgan fingerprint density at radius 2 is 1.89 bits per heavy atom. The van der Waals surface area contributed by atoms with Crippen molar-refractivity contribution in [3.63, 3.8) is 0 Å². The van der Waals surface area contributed by atoms with Crippen molar-refractivity contribution < 1.29 is 9.59 Å². The Labute approximate surface area is 116 Å². The molecule has 0 saturated carbocycles. The number of hydrogen-bond acceptors (Lipinski definition) is 3. The van der Waals surface area contributed by atoms with Crippen molar-refractivity contribution in [2.45, 2.75) is 6.42 Å². The number of benzene rings is 1. The van der Waals surface area contributed by atoms with Crippen LogP contribution in [-0.2, 0) is 9.59 Å². The maximum Gasteiger partial charge on any atom is 0.313 e. The Morgan fingerprint density at radius 1 is 1.16 bits per heavy atom. The van der Waals surface area contributed by atoms with Gasteiger partial charge >= 0.3 is 11.8 Å². The second-order valence-corrected chi connectivity index (χ2v) is 4.79. The SMILES string of the molecule is O=C(Nc1ccc(Cl)cc1)C(=O)N1CCCNCC1. The van der Waals surface area contributed by atoms with Crippen LogP contribution in [0, 0.1) is 0 Å². The minimum atomic E-state index is -0.607. The summed E-state index contributed by atoms with van der Waals surface area (Å²) >= 11 is 5.76. The molecule has 19 heavy (non-hydrogen) atoms. The number of halogens is 1. The summed E-state index contributed by atoms with van der Waals surface area (Å²) in [4.78, 5) is 25.4. The van der Waals surface area contributed by atoms with Crippen molar-refractivity contribution in [2.24, 2.45) is 0 Å². The van der Waals surface area contributed by atoms with E-state index in [1.54, 1.807) is 29.2 Å². The van der Waals surface area contributed by atoms with Gasteiger partial charge in [0.25, 0.3) is 0 Å². The Morgan fingerprint density at radius 3 is 2.63 bits per heavy atom. The van der Waals surface area contributed by atoms with E-state index in [0.717, 1.165) is 19.5 Å². The van der Waals surface area contributed by atoms with Crippen molar-refractivity contribution in [3.8, 4) is 0 Å². The predicted octanol–water partition coefficient (Wildman–Crippen LogP) is 1.10. The summed E-state index contributed by atoms with van der Waals surface area (Å²) in [5.74, 6) is -1.09. The lowest BCUT2D eigenvalue weighted by Crippen LogP contribution is -2.41. The molecule has 0 atom stereocenters. The fourth-order valence-corrected chi connectivity index (χ4v) is 2.04. The molecule has 1 saturated heterocycles. The lowest BCUT2D eigenvalue weighted by atomic mass is 10.3. The minimum absolute atomic E-state index is 0.487. The lowest BCUT2D eigenvalue weighted by Gasteiger charge is -2.19. The van der Waals surface area contributed by atoms with Gasteiger partial charge in [-0.15, -0.1) is 0 Å².